The van der Waals surface area contributed by atoms with Crippen LogP contribution in [0, 0.1) is 0 Å². The van der Waals surface area contributed by atoms with Crippen LogP contribution in [0.5, 0.6) is 5.88 Å². The topological polar surface area (TPSA) is 147 Å². The summed E-state index contributed by atoms with van der Waals surface area (Å²) in [6.07, 6.45) is 1.19. The van der Waals surface area contributed by atoms with Crippen LogP contribution in [0.15, 0.2) is 41.6 Å². The number of hydrogen-bond donors (Lipinski definition) is 3. The maximum atomic E-state index is 10.8. The van der Waals surface area contributed by atoms with Crippen LogP contribution in [0.1, 0.15) is 54.2 Å². The highest BCUT2D eigenvalue weighted by atomic mass is 32.3. The lowest BCUT2D eigenvalue weighted by molar-refractivity contribution is -0.0383. The highest BCUT2D eigenvalue weighted by Crippen LogP contribution is 2.50. The van der Waals surface area contributed by atoms with E-state index in [1.165, 1.54) is 0 Å². The van der Waals surface area contributed by atoms with Gasteiger partial charge in [-0.25, -0.2) is 4.98 Å². The third kappa shape index (κ3) is 6.85. The molecule has 0 spiro atoms. The first kappa shape index (κ1) is 32.9. The Morgan fingerprint density at radius 3 is 2.21 bits per heavy atom. The largest absolute Gasteiger partial charge is 0.414 e. The minimum absolute atomic E-state index is 0.0215. The predicted molar refractivity (Wildman–Crippen MR) is 172 cm³/mol. The molecule has 4 N–H and O–H groups in total. The molecule has 0 amide bonds. The van der Waals surface area contributed by atoms with Crippen molar-refractivity contribution in [1.29, 1.82) is 0 Å². The number of benzene rings is 1. The van der Waals surface area contributed by atoms with Crippen LogP contribution in [0.3, 0.4) is 0 Å². The van der Waals surface area contributed by atoms with Gasteiger partial charge in [-0.3, -0.25) is 13.7 Å². The van der Waals surface area contributed by atoms with Crippen molar-refractivity contribution in [2.75, 3.05) is 12.3 Å². The molecule has 1 fully saturated rings. The monoisotopic (exact) mass is 637 g/mol. The van der Waals surface area contributed by atoms with E-state index >= 15 is 0 Å². The maximum Gasteiger partial charge on any atom is 0.264 e. The van der Waals surface area contributed by atoms with Gasteiger partial charge >= 0.3 is 0 Å². The molecule has 0 saturated carbocycles. The molecule has 0 aliphatic carbocycles. The molecule has 1 saturated heterocycles. The fourth-order valence-corrected chi connectivity index (χ4v) is 7.46. The second-order valence-electron chi connectivity index (χ2n) is 14.0. The molecule has 11 nitrogen and oxygen atoms in total. The lowest BCUT2D eigenvalue weighted by Gasteiger charge is -2.40. The molecule has 4 rings (SSSR count). The third-order valence-electron chi connectivity index (χ3n) is 8.81. The first-order valence-corrected chi connectivity index (χ1v) is 21.5. The van der Waals surface area contributed by atoms with Gasteiger partial charge in [0.15, 0.2) is 38.7 Å². The molecule has 3 heterocycles. The number of imidazole rings is 1. The van der Waals surface area contributed by atoms with Crippen molar-refractivity contribution in [3.8, 4) is 5.88 Å². The van der Waals surface area contributed by atoms with Crippen LogP contribution in [-0.4, -0.2) is 64.1 Å². The van der Waals surface area contributed by atoms with E-state index < -0.39 is 33.7 Å². The smallest absolute Gasteiger partial charge is 0.264 e. The Bertz CT molecular complexity index is 1390. The van der Waals surface area contributed by atoms with Gasteiger partial charge in [0.05, 0.1) is 23.9 Å². The van der Waals surface area contributed by atoms with Crippen molar-refractivity contribution < 1.29 is 26.9 Å². The number of fused-ring (bicyclic) bond motifs is 1. The summed E-state index contributed by atoms with van der Waals surface area (Å²) in [6.45, 7) is 22.7. The summed E-state index contributed by atoms with van der Waals surface area (Å²) in [6, 6.07) is 8.29. The van der Waals surface area contributed by atoms with Crippen LogP contribution in [-0.2, 0) is 13.6 Å². The molecule has 3 atom stereocenters. The zero-order valence-electron chi connectivity index (χ0n) is 26.4. The van der Waals surface area contributed by atoms with Crippen LogP contribution in [0.4, 0.5) is 5.95 Å². The number of rotatable bonds is 9. The Morgan fingerprint density at radius 2 is 1.62 bits per heavy atom. The molecule has 3 aromatic rings. The standard InChI is InChI=1S/C28H47N5O6SSi2/c1-27(2,3)41(7,8)36-17-21-20(39-42(9,10)28(4,5)6)16-22(37-21)33-18-30-23-24(33)31-26(29)32-25(23)38-40(34,35)19-14-12-11-13-15-19/h11-15,18,20-22,34-35H,16-17H2,1-10H3,(H2,29,31,32). The second-order valence-corrected chi connectivity index (χ2v) is 25.2. The Balaban J connectivity index is 1.65. The van der Waals surface area contributed by atoms with Crippen molar-refractivity contribution >= 4 is 44.6 Å². The van der Waals surface area contributed by atoms with Crippen molar-refractivity contribution in [2.45, 2.75) is 108 Å². The summed E-state index contributed by atoms with van der Waals surface area (Å²) in [5.41, 5.74) is 6.66. The molecule has 1 aliphatic heterocycles. The summed E-state index contributed by atoms with van der Waals surface area (Å²) in [4.78, 5) is 13.2. The van der Waals surface area contributed by atoms with E-state index in [4.69, 9.17) is 23.5 Å². The number of hydrogen-bond acceptors (Lipinski definition) is 10. The fraction of sp³-hybridized carbons (Fsp3) is 0.607. The Hall–Kier alpha value is -2.05. The van der Waals surface area contributed by atoms with Gasteiger partial charge in [0, 0.05) is 6.42 Å². The van der Waals surface area contributed by atoms with Gasteiger partial charge in [-0.1, -0.05) is 59.7 Å². The van der Waals surface area contributed by atoms with Crippen molar-refractivity contribution in [2.24, 2.45) is 0 Å². The summed E-state index contributed by atoms with van der Waals surface area (Å²) in [5, 5.41) is 0.0796. The Labute approximate surface area is 253 Å². The van der Waals surface area contributed by atoms with Crippen molar-refractivity contribution in [3.63, 3.8) is 0 Å². The molecule has 0 bridgehead atoms. The van der Waals surface area contributed by atoms with Gasteiger partial charge in [-0.15, -0.1) is 0 Å². The minimum Gasteiger partial charge on any atom is -0.414 e. The fourth-order valence-electron chi connectivity index (χ4n) is 4.14. The molecule has 3 unspecified atom stereocenters. The van der Waals surface area contributed by atoms with Crippen LogP contribution < -0.4 is 9.92 Å². The van der Waals surface area contributed by atoms with E-state index in [2.05, 4.69) is 82.7 Å². The summed E-state index contributed by atoms with van der Waals surface area (Å²) in [5.74, 6) is -0.211. The normalized spacial score (nSPS) is 21.2. The molecule has 0 radical (unpaired) electrons. The molecular formula is C28H47N5O6SSi2. The van der Waals surface area contributed by atoms with Gasteiger partial charge in [0.25, 0.3) is 5.88 Å². The van der Waals surface area contributed by atoms with Gasteiger partial charge in [-0.05, 0) is 48.4 Å². The molecular weight excluding hydrogens is 591 g/mol. The third-order valence-corrected chi connectivity index (χ3v) is 19.1. The molecule has 1 aromatic carbocycles. The molecule has 1 aliphatic rings. The number of nitrogens with two attached hydrogens (primary N) is 1. The van der Waals surface area contributed by atoms with Crippen LogP contribution in [0.2, 0.25) is 36.3 Å². The Morgan fingerprint density at radius 1 is 1.00 bits per heavy atom. The van der Waals surface area contributed by atoms with E-state index in [0.29, 0.717) is 18.7 Å². The zero-order valence-corrected chi connectivity index (χ0v) is 29.2. The van der Waals surface area contributed by atoms with E-state index in [1.54, 1.807) is 41.2 Å². The quantitative estimate of drug-likeness (QED) is 0.206. The van der Waals surface area contributed by atoms with Crippen molar-refractivity contribution in [3.05, 3.63) is 36.7 Å². The SMILES string of the molecule is CC(C)(C)[Si](C)(C)OCC1OC(n2cnc3c(OS(O)(O)c4ccccc4)nc(N)nc32)CC1O[Si](C)(C)C(C)(C)C. The molecule has 14 heteroatoms. The predicted octanol–water partition coefficient (Wildman–Crippen LogP) is 7.21. The molecule has 234 valence electrons. The molecule has 2 aromatic heterocycles. The maximum absolute atomic E-state index is 10.8. The van der Waals surface area contributed by atoms with E-state index in [9.17, 15) is 9.11 Å². The van der Waals surface area contributed by atoms with Gasteiger partial charge in [-0.2, -0.15) is 9.97 Å². The van der Waals surface area contributed by atoms with E-state index in [1.807, 2.05) is 0 Å². The first-order valence-electron chi connectivity index (χ1n) is 14.2. The number of aromatic nitrogens is 4. The van der Waals surface area contributed by atoms with Crippen LogP contribution in [0.25, 0.3) is 11.2 Å². The number of nitrogens with zero attached hydrogens (tertiary/aromatic N) is 4. The summed E-state index contributed by atoms with van der Waals surface area (Å²) in [7, 11) is -7.84. The van der Waals surface area contributed by atoms with Gasteiger partial charge in [0.2, 0.25) is 5.95 Å². The van der Waals surface area contributed by atoms with E-state index in [-0.39, 0.29) is 44.5 Å². The van der Waals surface area contributed by atoms with Crippen LogP contribution >= 0.6 is 10.9 Å². The van der Waals surface area contributed by atoms with E-state index in [0.717, 1.165) is 0 Å². The number of nitrogen functional groups attached to an aromatic ring is 1. The lowest BCUT2D eigenvalue weighted by atomic mass is 10.2. The highest BCUT2D eigenvalue weighted by molar-refractivity contribution is 8.20. The number of anilines is 1. The average Bonchev–Trinajstić information content (AvgIpc) is 3.45. The van der Waals surface area contributed by atoms with Gasteiger partial charge in [0.1, 0.15) is 12.3 Å². The van der Waals surface area contributed by atoms with Gasteiger partial charge < -0.3 is 23.5 Å². The zero-order chi connectivity index (χ0) is 31.3. The number of ether oxygens (including phenoxy) is 1. The lowest BCUT2D eigenvalue weighted by Crippen LogP contribution is -2.48. The van der Waals surface area contributed by atoms with Crippen molar-refractivity contribution in [1.82, 2.24) is 19.5 Å². The Kier molecular flexibility index (Phi) is 8.97. The highest BCUT2D eigenvalue weighted by Gasteiger charge is 2.47. The average molecular weight is 638 g/mol. The minimum atomic E-state index is -3.67. The molecule has 42 heavy (non-hydrogen) atoms. The first-order chi connectivity index (χ1) is 19.2. The second kappa shape index (κ2) is 11.5. The summed E-state index contributed by atoms with van der Waals surface area (Å²) < 4.78 is 49.1. The summed E-state index contributed by atoms with van der Waals surface area (Å²) >= 11 is 0.